The van der Waals surface area contributed by atoms with Gasteiger partial charge in [0.15, 0.2) is 0 Å². The summed E-state index contributed by atoms with van der Waals surface area (Å²) in [5.41, 5.74) is 4.58. The van der Waals surface area contributed by atoms with Gasteiger partial charge in [0.25, 0.3) is 0 Å². The van der Waals surface area contributed by atoms with Gasteiger partial charge >= 0.3 is 5.97 Å². The van der Waals surface area contributed by atoms with E-state index in [4.69, 9.17) is 4.74 Å². The number of anilines is 1. The Morgan fingerprint density at radius 1 is 1.03 bits per heavy atom. The van der Waals surface area contributed by atoms with Gasteiger partial charge in [-0.15, -0.1) is 0 Å². The molecule has 6 nitrogen and oxygen atoms in total. The predicted octanol–water partition coefficient (Wildman–Crippen LogP) is 3.72. The monoisotopic (exact) mass is 401 g/mol. The first-order valence-electron chi connectivity index (χ1n) is 9.56. The molecule has 0 aliphatic carbocycles. The highest BCUT2D eigenvalue weighted by molar-refractivity contribution is 5.91. The fourth-order valence-corrected chi connectivity index (χ4v) is 2.99. The molecule has 0 aliphatic rings. The van der Waals surface area contributed by atoms with Crippen molar-refractivity contribution in [1.29, 1.82) is 0 Å². The summed E-state index contributed by atoms with van der Waals surface area (Å²) >= 11 is 0. The lowest BCUT2D eigenvalue weighted by Crippen LogP contribution is -2.15. The zero-order chi connectivity index (χ0) is 21.5. The van der Waals surface area contributed by atoms with Crippen LogP contribution >= 0.6 is 0 Å². The van der Waals surface area contributed by atoms with E-state index in [1.807, 2.05) is 54.9 Å². The predicted molar refractivity (Wildman–Crippen MR) is 115 cm³/mol. The molecule has 0 aliphatic heterocycles. The molecule has 0 radical (unpaired) electrons. The molecule has 0 unspecified atom stereocenters. The first kappa shape index (κ1) is 20.9. The minimum atomic E-state index is -0.399. The molecule has 0 fully saturated rings. The maximum Gasteiger partial charge on any atom is 0.337 e. The smallest absolute Gasteiger partial charge is 0.337 e. The van der Waals surface area contributed by atoms with Crippen LogP contribution in [0.2, 0.25) is 0 Å². The molecule has 1 N–H and O–H groups in total. The molecule has 0 saturated heterocycles. The van der Waals surface area contributed by atoms with E-state index in [2.05, 4.69) is 22.3 Å². The summed E-state index contributed by atoms with van der Waals surface area (Å²) < 4.78 is 6.56. The Morgan fingerprint density at radius 2 is 1.73 bits per heavy atom. The summed E-state index contributed by atoms with van der Waals surface area (Å²) in [6.07, 6.45) is 0.332. The number of nitrogens with one attached hydrogen (secondary N) is 1. The second kappa shape index (κ2) is 9.57. The highest BCUT2D eigenvalue weighted by Crippen LogP contribution is 2.12. The van der Waals surface area contributed by atoms with Crippen LogP contribution in [-0.4, -0.2) is 28.8 Å². The van der Waals surface area contributed by atoms with Crippen molar-refractivity contribution in [1.82, 2.24) is 9.78 Å². The Bertz CT molecular complexity index is 1140. The van der Waals surface area contributed by atoms with Crippen molar-refractivity contribution >= 4 is 17.6 Å². The zero-order valence-electron chi connectivity index (χ0n) is 17.2. The molecule has 1 heterocycles. The lowest BCUT2D eigenvalue weighted by atomic mass is 10.1. The summed E-state index contributed by atoms with van der Waals surface area (Å²) in [5.74, 6) is 5.61. The number of benzene rings is 2. The summed E-state index contributed by atoms with van der Waals surface area (Å²) in [6, 6.07) is 16.3. The van der Waals surface area contributed by atoms with Crippen LogP contribution in [0.25, 0.3) is 0 Å². The average molecular weight is 401 g/mol. The molecule has 0 bridgehead atoms. The summed E-state index contributed by atoms with van der Waals surface area (Å²) in [4.78, 5) is 23.9. The molecular formula is C24H23N3O3. The number of ether oxygens (including phenoxy) is 1. The van der Waals surface area contributed by atoms with E-state index < -0.39 is 5.97 Å². The van der Waals surface area contributed by atoms with Gasteiger partial charge in [-0.05, 0) is 56.3 Å². The van der Waals surface area contributed by atoms with Crippen molar-refractivity contribution < 1.29 is 14.3 Å². The molecule has 30 heavy (non-hydrogen) atoms. The number of hydrogen-bond acceptors (Lipinski definition) is 4. The molecule has 3 aromatic rings. The quantitative estimate of drug-likeness (QED) is 0.522. The fraction of sp³-hybridized carbons (Fsp3) is 0.208. The van der Waals surface area contributed by atoms with Crippen LogP contribution in [0, 0.1) is 25.7 Å². The molecule has 0 atom stereocenters. The van der Waals surface area contributed by atoms with E-state index in [0.717, 1.165) is 17.0 Å². The third kappa shape index (κ3) is 5.58. The van der Waals surface area contributed by atoms with Crippen LogP contribution in [0.1, 0.15) is 39.3 Å². The van der Waals surface area contributed by atoms with Gasteiger partial charge in [-0.25, -0.2) is 4.79 Å². The lowest BCUT2D eigenvalue weighted by Gasteiger charge is -2.07. The van der Waals surface area contributed by atoms with Gasteiger partial charge in [0.2, 0.25) is 5.91 Å². The fourth-order valence-electron chi connectivity index (χ4n) is 2.99. The summed E-state index contributed by atoms with van der Waals surface area (Å²) in [6.45, 7) is 4.43. The van der Waals surface area contributed by atoms with Gasteiger partial charge in [0, 0.05) is 35.5 Å². The van der Waals surface area contributed by atoms with Crippen molar-refractivity contribution in [3.8, 4) is 11.8 Å². The minimum absolute atomic E-state index is 0.0848. The van der Waals surface area contributed by atoms with Gasteiger partial charge in [0.05, 0.1) is 18.4 Å². The van der Waals surface area contributed by atoms with Crippen molar-refractivity contribution in [2.75, 3.05) is 12.4 Å². The zero-order valence-corrected chi connectivity index (χ0v) is 17.2. The highest BCUT2D eigenvalue weighted by Gasteiger charge is 2.07. The third-order valence-electron chi connectivity index (χ3n) is 4.44. The molecule has 0 spiro atoms. The van der Waals surface area contributed by atoms with E-state index in [9.17, 15) is 9.59 Å². The number of hydrogen-bond donors (Lipinski definition) is 1. The molecule has 2 aromatic carbocycles. The number of esters is 1. The third-order valence-corrected chi connectivity index (χ3v) is 4.44. The van der Waals surface area contributed by atoms with Crippen LogP contribution < -0.4 is 5.32 Å². The first-order chi connectivity index (χ1) is 14.4. The number of methoxy groups -OCH3 is 1. The number of aryl methyl sites for hydroxylation is 3. The van der Waals surface area contributed by atoms with E-state index in [1.54, 1.807) is 18.2 Å². The average Bonchev–Trinajstić information content (AvgIpc) is 3.07. The van der Waals surface area contributed by atoms with Crippen LogP contribution in [0.5, 0.6) is 0 Å². The van der Waals surface area contributed by atoms with Gasteiger partial charge in [0.1, 0.15) is 0 Å². The topological polar surface area (TPSA) is 73.2 Å². The van der Waals surface area contributed by atoms with E-state index in [-0.39, 0.29) is 5.91 Å². The van der Waals surface area contributed by atoms with E-state index in [0.29, 0.717) is 29.8 Å². The van der Waals surface area contributed by atoms with Crippen LogP contribution in [0.3, 0.4) is 0 Å². The van der Waals surface area contributed by atoms with Crippen molar-refractivity contribution in [2.24, 2.45) is 0 Å². The Hall–Kier alpha value is -3.85. The number of nitrogens with zero attached hydrogens (tertiary/aromatic N) is 2. The van der Waals surface area contributed by atoms with Crippen molar-refractivity contribution in [3.05, 3.63) is 82.7 Å². The minimum Gasteiger partial charge on any atom is -0.465 e. The van der Waals surface area contributed by atoms with Gasteiger partial charge in [-0.2, -0.15) is 5.10 Å². The molecule has 152 valence electrons. The maximum absolute atomic E-state index is 12.3. The second-order valence-corrected chi connectivity index (χ2v) is 6.85. The van der Waals surface area contributed by atoms with Crippen LogP contribution in [-0.2, 0) is 16.1 Å². The lowest BCUT2D eigenvalue weighted by molar-refractivity contribution is -0.116. The van der Waals surface area contributed by atoms with Gasteiger partial charge in [-0.1, -0.05) is 24.0 Å². The Kier molecular flexibility index (Phi) is 6.66. The number of carbonyl (C=O) groups excluding carboxylic acids is 2. The number of amides is 1. The maximum atomic E-state index is 12.3. The molecule has 1 aromatic heterocycles. The Labute approximate surface area is 175 Å². The SMILES string of the molecule is COC(=O)c1cccc(C#Cc2cccc(NC(=O)CCn3nc(C)cc3C)c2)c1. The highest BCUT2D eigenvalue weighted by atomic mass is 16.5. The van der Waals surface area contributed by atoms with Crippen molar-refractivity contribution in [2.45, 2.75) is 26.8 Å². The standard InChI is InChI=1S/C24H23N3O3/c1-17-14-18(2)27(26-17)13-12-23(28)25-22-9-5-7-20(16-22)11-10-19-6-4-8-21(15-19)24(29)30-3/h4-9,14-16H,12-13H2,1-3H3,(H,25,28). The largest absolute Gasteiger partial charge is 0.465 e. The summed E-state index contributed by atoms with van der Waals surface area (Å²) in [5, 5.41) is 7.27. The number of rotatable bonds is 5. The van der Waals surface area contributed by atoms with E-state index in [1.165, 1.54) is 7.11 Å². The molecule has 0 saturated carbocycles. The Morgan fingerprint density at radius 3 is 2.40 bits per heavy atom. The summed E-state index contributed by atoms with van der Waals surface area (Å²) in [7, 11) is 1.34. The van der Waals surface area contributed by atoms with Gasteiger partial charge < -0.3 is 10.1 Å². The Balaban J connectivity index is 1.64. The van der Waals surface area contributed by atoms with Crippen molar-refractivity contribution in [3.63, 3.8) is 0 Å². The molecule has 1 amide bonds. The van der Waals surface area contributed by atoms with Crippen LogP contribution in [0.15, 0.2) is 54.6 Å². The number of carbonyl (C=O) groups is 2. The molecular weight excluding hydrogens is 378 g/mol. The van der Waals surface area contributed by atoms with Crippen LogP contribution in [0.4, 0.5) is 5.69 Å². The number of aromatic nitrogens is 2. The second-order valence-electron chi connectivity index (χ2n) is 6.85. The van der Waals surface area contributed by atoms with E-state index >= 15 is 0 Å². The first-order valence-corrected chi connectivity index (χ1v) is 9.56. The molecule has 3 rings (SSSR count). The van der Waals surface area contributed by atoms with Gasteiger partial charge in [-0.3, -0.25) is 9.48 Å². The molecule has 6 heteroatoms. The normalized spacial score (nSPS) is 10.1.